The van der Waals surface area contributed by atoms with Crippen LogP contribution in [0.5, 0.6) is 0 Å². The summed E-state index contributed by atoms with van der Waals surface area (Å²) in [6.45, 7) is 8.39. The van der Waals surface area contributed by atoms with Crippen molar-refractivity contribution in [1.82, 2.24) is 20.0 Å². The van der Waals surface area contributed by atoms with Crippen LogP contribution in [0.2, 0.25) is 5.02 Å². The van der Waals surface area contributed by atoms with E-state index >= 15 is 0 Å². The van der Waals surface area contributed by atoms with Gasteiger partial charge in [-0.25, -0.2) is 4.68 Å². The minimum absolute atomic E-state index is 0.414. The SMILES string of the molecule is CCc1nnc(-n2nc(C)c(Cl)c2C)c(CN)c1CC. The van der Waals surface area contributed by atoms with E-state index in [1.54, 1.807) is 4.68 Å². The molecule has 5 nitrogen and oxygen atoms in total. The van der Waals surface area contributed by atoms with Gasteiger partial charge in [0.05, 0.1) is 22.1 Å². The molecule has 0 bridgehead atoms. The Morgan fingerprint density at radius 2 is 1.80 bits per heavy atom. The maximum Gasteiger partial charge on any atom is 0.180 e. The lowest BCUT2D eigenvalue weighted by atomic mass is 10.0. The molecule has 0 aliphatic rings. The number of nitrogens with two attached hydrogens (primary N) is 1. The third kappa shape index (κ3) is 2.31. The molecule has 6 heteroatoms. The average molecular weight is 294 g/mol. The van der Waals surface area contributed by atoms with Gasteiger partial charge in [0.1, 0.15) is 0 Å². The van der Waals surface area contributed by atoms with Crippen molar-refractivity contribution < 1.29 is 0 Å². The highest BCUT2D eigenvalue weighted by molar-refractivity contribution is 6.31. The number of hydrogen-bond acceptors (Lipinski definition) is 4. The third-order valence-electron chi connectivity index (χ3n) is 3.54. The normalized spacial score (nSPS) is 11.1. The molecular formula is C14H20ClN5. The van der Waals surface area contributed by atoms with Crippen molar-refractivity contribution in [3.8, 4) is 5.82 Å². The largest absolute Gasteiger partial charge is 0.326 e. The Hall–Kier alpha value is -1.46. The standard InChI is InChI=1S/C14H20ClN5/c1-5-10-11(7-16)14(18-17-12(10)6-2)20-9(4)13(15)8(3)19-20/h5-7,16H2,1-4H3. The first kappa shape index (κ1) is 14.9. The molecule has 2 aromatic heterocycles. The lowest BCUT2D eigenvalue weighted by Crippen LogP contribution is -2.15. The zero-order valence-electron chi connectivity index (χ0n) is 12.4. The molecule has 0 spiro atoms. The molecule has 2 N–H and O–H groups in total. The van der Waals surface area contributed by atoms with E-state index < -0.39 is 0 Å². The minimum Gasteiger partial charge on any atom is -0.326 e. The number of halogens is 1. The van der Waals surface area contributed by atoms with Gasteiger partial charge >= 0.3 is 0 Å². The van der Waals surface area contributed by atoms with Gasteiger partial charge in [-0.05, 0) is 32.3 Å². The Morgan fingerprint density at radius 3 is 2.25 bits per heavy atom. The van der Waals surface area contributed by atoms with Crippen LogP contribution in [0.25, 0.3) is 5.82 Å². The van der Waals surface area contributed by atoms with Gasteiger partial charge < -0.3 is 5.73 Å². The predicted molar refractivity (Wildman–Crippen MR) is 80.3 cm³/mol. The summed E-state index contributed by atoms with van der Waals surface area (Å²) in [6.07, 6.45) is 1.73. The summed E-state index contributed by atoms with van der Waals surface area (Å²) in [6, 6.07) is 0. The van der Waals surface area contributed by atoms with Gasteiger partial charge in [-0.3, -0.25) is 0 Å². The van der Waals surface area contributed by atoms with E-state index in [-0.39, 0.29) is 0 Å². The van der Waals surface area contributed by atoms with Gasteiger partial charge in [-0.15, -0.1) is 5.10 Å². The zero-order valence-corrected chi connectivity index (χ0v) is 13.1. The van der Waals surface area contributed by atoms with Gasteiger partial charge in [-0.2, -0.15) is 10.2 Å². The molecule has 0 aliphatic heterocycles. The first-order valence-electron chi connectivity index (χ1n) is 6.84. The highest BCUT2D eigenvalue weighted by atomic mass is 35.5. The number of aromatic nitrogens is 4. The van der Waals surface area contributed by atoms with E-state index in [2.05, 4.69) is 29.1 Å². The van der Waals surface area contributed by atoms with Gasteiger partial charge in [0, 0.05) is 12.1 Å². The van der Waals surface area contributed by atoms with Crippen LogP contribution in [0.15, 0.2) is 0 Å². The van der Waals surface area contributed by atoms with Crippen LogP contribution in [0, 0.1) is 13.8 Å². The smallest absolute Gasteiger partial charge is 0.180 e. The highest BCUT2D eigenvalue weighted by Gasteiger charge is 2.18. The van der Waals surface area contributed by atoms with Crippen molar-refractivity contribution in [2.75, 3.05) is 0 Å². The highest BCUT2D eigenvalue weighted by Crippen LogP contribution is 2.25. The van der Waals surface area contributed by atoms with Crippen molar-refractivity contribution in [3.63, 3.8) is 0 Å². The fraction of sp³-hybridized carbons (Fsp3) is 0.500. The zero-order chi connectivity index (χ0) is 14.9. The maximum atomic E-state index is 6.21. The summed E-state index contributed by atoms with van der Waals surface area (Å²) in [5.41, 5.74) is 10.8. The summed E-state index contributed by atoms with van der Waals surface area (Å²) in [7, 11) is 0. The summed E-state index contributed by atoms with van der Waals surface area (Å²) in [4.78, 5) is 0. The quantitative estimate of drug-likeness (QED) is 0.940. The lowest BCUT2D eigenvalue weighted by molar-refractivity contribution is 0.737. The van der Waals surface area contributed by atoms with Gasteiger partial charge in [0.15, 0.2) is 5.82 Å². The molecule has 0 saturated heterocycles. The predicted octanol–water partition coefficient (Wildman–Crippen LogP) is 2.52. The van der Waals surface area contributed by atoms with Crippen LogP contribution in [-0.2, 0) is 19.4 Å². The second-order valence-corrected chi connectivity index (χ2v) is 5.11. The molecular weight excluding hydrogens is 274 g/mol. The second-order valence-electron chi connectivity index (χ2n) is 4.74. The lowest BCUT2D eigenvalue weighted by Gasteiger charge is -2.14. The van der Waals surface area contributed by atoms with Crippen molar-refractivity contribution in [2.45, 2.75) is 47.1 Å². The average Bonchev–Trinajstić information content (AvgIpc) is 2.72. The van der Waals surface area contributed by atoms with E-state index in [0.29, 0.717) is 17.4 Å². The maximum absolute atomic E-state index is 6.21. The number of hydrogen-bond donors (Lipinski definition) is 1. The molecule has 2 aromatic rings. The van der Waals surface area contributed by atoms with Crippen LogP contribution in [0.3, 0.4) is 0 Å². The Balaban J connectivity index is 2.71. The fourth-order valence-electron chi connectivity index (χ4n) is 2.45. The van der Waals surface area contributed by atoms with Crippen molar-refractivity contribution in [3.05, 3.63) is 33.2 Å². The van der Waals surface area contributed by atoms with E-state index in [1.165, 1.54) is 5.56 Å². The number of rotatable bonds is 4. The second kappa shape index (κ2) is 5.89. The van der Waals surface area contributed by atoms with Crippen molar-refractivity contribution >= 4 is 11.6 Å². The molecule has 0 fully saturated rings. The van der Waals surface area contributed by atoms with E-state index in [4.69, 9.17) is 17.3 Å². The van der Waals surface area contributed by atoms with Crippen molar-refractivity contribution in [1.29, 1.82) is 0 Å². The van der Waals surface area contributed by atoms with Gasteiger partial charge in [0.2, 0.25) is 0 Å². The molecule has 0 atom stereocenters. The summed E-state index contributed by atoms with van der Waals surface area (Å²) >= 11 is 6.21. The van der Waals surface area contributed by atoms with Crippen LogP contribution in [0.1, 0.15) is 42.1 Å². The summed E-state index contributed by atoms with van der Waals surface area (Å²) < 4.78 is 1.74. The van der Waals surface area contributed by atoms with Crippen LogP contribution >= 0.6 is 11.6 Å². The molecule has 0 saturated carbocycles. The Morgan fingerprint density at radius 1 is 1.10 bits per heavy atom. The summed E-state index contributed by atoms with van der Waals surface area (Å²) in [5.74, 6) is 0.689. The van der Waals surface area contributed by atoms with Crippen molar-refractivity contribution in [2.24, 2.45) is 5.73 Å². The molecule has 0 aliphatic carbocycles. The number of nitrogens with zero attached hydrogens (tertiary/aromatic N) is 4. The van der Waals surface area contributed by atoms with E-state index in [9.17, 15) is 0 Å². The van der Waals surface area contributed by atoms with E-state index in [0.717, 1.165) is 35.5 Å². The Labute approximate surface area is 124 Å². The molecule has 108 valence electrons. The van der Waals surface area contributed by atoms with Crippen LogP contribution < -0.4 is 5.73 Å². The molecule has 0 aromatic carbocycles. The summed E-state index contributed by atoms with van der Waals surface area (Å²) in [5, 5.41) is 13.8. The molecule has 20 heavy (non-hydrogen) atoms. The Bertz CT molecular complexity index is 633. The van der Waals surface area contributed by atoms with Gasteiger partial charge in [0.25, 0.3) is 0 Å². The molecule has 0 unspecified atom stereocenters. The molecule has 2 heterocycles. The molecule has 0 amide bonds. The number of aryl methyl sites for hydroxylation is 2. The van der Waals surface area contributed by atoms with Gasteiger partial charge in [-0.1, -0.05) is 25.4 Å². The topological polar surface area (TPSA) is 69.6 Å². The molecule has 0 radical (unpaired) electrons. The first-order chi connectivity index (χ1) is 9.54. The van der Waals surface area contributed by atoms with Crippen LogP contribution in [-0.4, -0.2) is 20.0 Å². The monoisotopic (exact) mass is 293 g/mol. The van der Waals surface area contributed by atoms with E-state index in [1.807, 2.05) is 13.8 Å². The third-order valence-corrected chi connectivity index (χ3v) is 4.09. The van der Waals surface area contributed by atoms with Crippen LogP contribution in [0.4, 0.5) is 0 Å². The minimum atomic E-state index is 0.414. The molecule has 2 rings (SSSR count). The first-order valence-corrected chi connectivity index (χ1v) is 7.22. The Kier molecular flexibility index (Phi) is 4.40. The fourth-order valence-corrected chi connectivity index (χ4v) is 2.57.